The summed E-state index contributed by atoms with van der Waals surface area (Å²) in [6.07, 6.45) is 0.780. The molecule has 1 amide bonds. The number of rotatable bonds is 6. The van der Waals surface area contributed by atoms with Crippen LogP contribution in [0, 0.1) is 0 Å². The lowest BCUT2D eigenvalue weighted by molar-refractivity contribution is 0.0718. The fourth-order valence-corrected chi connectivity index (χ4v) is 3.88. The van der Waals surface area contributed by atoms with Crippen molar-refractivity contribution in [3.8, 4) is 5.75 Å². The number of furan rings is 1. The van der Waals surface area contributed by atoms with Crippen LogP contribution in [0.5, 0.6) is 5.75 Å². The molecule has 1 aliphatic heterocycles. The van der Waals surface area contributed by atoms with Gasteiger partial charge in [0.05, 0.1) is 25.8 Å². The van der Waals surface area contributed by atoms with Crippen molar-refractivity contribution < 1.29 is 18.7 Å². The number of nitrogens with zero attached hydrogens (tertiary/aromatic N) is 2. The SMILES string of the molecule is COc1ccccc1C(=O)c1ccc(C(=O)N2CCc3cc(CN(C)C)oc3C2)cc1.Cl. The molecule has 6 nitrogen and oxygen atoms in total. The van der Waals surface area contributed by atoms with Crippen LogP contribution >= 0.6 is 12.4 Å². The maximum Gasteiger partial charge on any atom is 0.254 e. The smallest absolute Gasteiger partial charge is 0.254 e. The molecule has 0 saturated heterocycles. The van der Waals surface area contributed by atoms with E-state index in [1.165, 1.54) is 5.56 Å². The van der Waals surface area contributed by atoms with Gasteiger partial charge in [-0.2, -0.15) is 0 Å². The van der Waals surface area contributed by atoms with Crippen molar-refractivity contribution in [3.63, 3.8) is 0 Å². The third kappa shape index (κ3) is 4.87. The van der Waals surface area contributed by atoms with E-state index in [1.807, 2.05) is 20.2 Å². The molecule has 168 valence electrons. The number of hydrogen-bond acceptors (Lipinski definition) is 5. The average molecular weight is 455 g/mol. The molecule has 0 radical (unpaired) electrons. The van der Waals surface area contributed by atoms with Crippen LogP contribution in [0.15, 0.2) is 59.0 Å². The molecule has 1 aliphatic rings. The Morgan fingerprint density at radius 2 is 1.75 bits per heavy atom. The number of para-hydroxylation sites is 1. The molecule has 0 fully saturated rings. The van der Waals surface area contributed by atoms with Crippen LogP contribution in [0.3, 0.4) is 0 Å². The number of fused-ring (bicyclic) bond motifs is 1. The molecule has 0 unspecified atom stereocenters. The largest absolute Gasteiger partial charge is 0.496 e. The fourth-order valence-electron chi connectivity index (χ4n) is 3.88. The molecule has 3 aromatic rings. The van der Waals surface area contributed by atoms with Gasteiger partial charge in [0, 0.05) is 17.7 Å². The maximum absolute atomic E-state index is 13.0. The summed E-state index contributed by atoms with van der Waals surface area (Å²) in [5.74, 6) is 2.11. The van der Waals surface area contributed by atoms with Crippen molar-refractivity contribution in [1.82, 2.24) is 9.80 Å². The minimum absolute atomic E-state index is 0. The van der Waals surface area contributed by atoms with E-state index >= 15 is 0 Å². The highest BCUT2D eigenvalue weighted by Gasteiger charge is 2.25. The quantitative estimate of drug-likeness (QED) is 0.522. The zero-order chi connectivity index (χ0) is 22.0. The Hall–Kier alpha value is -3.09. The first-order valence-corrected chi connectivity index (χ1v) is 10.3. The summed E-state index contributed by atoms with van der Waals surface area (Å²) in [4.78, 5) is 29.7. The average Bonchev–Trinajstić information content (AvgIpc) is 3.18. The van der Waals surface area contributed by atoms with Crippen molar-refractivity contribution in [1.29, 1.82) is 0 Å². The number of benzene rings is 2. The Labute approximate surface area is 194 Å². The van der Waals surface area contributed by atoms with Gasteiger partial charge in [0.15, 0.2) is 5.78 Å². The van der Waals surface area contributed by atoms with E-state index in [0.29, 0.717) is 35.5 Å². The van der Waals surface area contributed by atoms with E-state index < -0.39 is 0 Å². The van der Waals surface area contributed by atoms with E-state index in [2.05, 4.69) is 11.0 Å². The normalized spacial score (nSPS) is 12.8. The van der Waals surface area contributed by atoms with E-state index in [0.717, 1.165) is 24.5 Å². The second-order valence-corrected chi connectivity index (χ2v) is 7.98. The van der Waals surface area contributed by atoms with Gasteiger partial charge in [-0.1, -0.05) is 24.3 Å². The molecule has 0 bridgehead atoms. The molecule has 0 saturated carbocycles. The number of hydrogen-bond donors (Lipinski definition) is 0. The molecule has 0 N–H and O–H groups in total. The van der Waals surface area contributed by atoms with Gasteiger partial charge in [-0.05, 0) is 56.4 Å². The lowest BCUT2D eigenvalue weighted by atomic mass is 10.0. The molecule has 0 atom stereocenters. The standard InChI is InChI=1S/C25H26N2O4.ClH/c1-26(2)15-20-14-19-12-13-27(16-23(19)31-20)25(29)18-10-8-17(9-11-18)24(28)21-6-4-5-7-22(21)30-3;/h4-11,14H,12-13,15-16H2,1-3H3;1H. The van der Waals surface area contributed by atoms with Gasteiger partial charge in [0.25, 0.3) is 5.91 Å². The number of methoxy groups -OCH3 is 1. The number of carbonyl (C=O) groups is 2. The topological polar surface area (TPSA) is 63.0 Å². The minimum Gasteiger partial charge on any atom is -0.496 e. The Morgan fingerprint density at radius 1 is 1.06 bits per heavy atom. The Kier molecular flexibility index (Phi) is 7.38. The number of carbonyl (C=O) groups excluding carboxylic acids is 2. The van der Waals surface area contributed by atoms with Crippen LogP contribution in [0.2, 0.25) is 0 Å². The van der Waals surface area contributed by atoms with Crippen LogP contribution in [0.4, 0.5) is 0 Å². The summed E-state index contributed by atoms with van der Waals surface area (Å²) in [5.41, 5.74) is 2.75. The molecule has 32 heavy (non-hydrogen) atoms. The molecule has 1 aromatic heterocycles. The van der Waals surface area contributed by atoms with Crippen LogP contribution in [-0.4, -0.2) is 49.2 Å². The number of ketones is 1. The van der Waals surface area contributed by atoms with Crippen LogP contribution in [0.1, 0.15) is 43.4 Å². The molecule has 0 aliphatic carbocycles. The van der Waals surface area contributed by atoms with Gasteiger partial charge in [-0.25, -0.2) is 0 Å². The second kappa shape index (κ2) is 10.0. The van der Waals surface area contributed by atoms with Gasteiger partial charge in [-0.3, -0.25) is 9.59 Å². The zero-order valence-electron chi connectivity index (χ0n) is 18.5. The number of amides is 1. The van der Waals surface area contributed by atoms with E-state index in [9.17, 15) is 9.59 Å². The monoisotopic (exact) mass is 454 g/mol. The van der Waals surface area contributed by atoms with Crippen molar-refractivity contribution in [2.24, 2.45) is 0 Å². The van der Waals surface area contributed by atoms with Gasteiger partial charge in [0.2, 0.25) is 0 Å². The first-order valence-electron chi connectivity index (χ1n) is 10.3. The van der Waals surface area contributed by atoms with E-state index in [4.69, 9.17) is 9.15 Å². The highest BCUT2D eigenvalue weighted by atomic mass is 35.5. The first kappa shape index (κ1) is 23.6. The van der Waals surface area contributed by atoms with E-state index in [-0.39, 0.29) is 24.1 Å². The molecule has 4 rings (SSSR count). The molecule has 7 heteroatoms. The van der Waals surface area contributed by atoms with Crippen molar-refractivity contribution in [3.05, 3.63) is 88.4 Å². The molecular formula is C25H27ClN2O4. The molecular weight excluding hydrogens is 428 g/mol. The lowest BCUT2D eigenvalue weighted by Crippen LogP contribution is -2.35. The minimum atomic E-state index is -0.136. The highest BCUT2D eigenvalue weighted by Crippen LogP contribution is 2.25. The zero-order valence-corrected chi connectivity index (χ0v) is 19.3. The predicted octanol–water partition coefficient (Wildman–Crippen LogP) is 4.20. The van der Waals surface area contributed by atoms with Crippen LogP contribution < -0.4 is 4.74 Å². The lowest BCUT2D eigenvalue weighted by Gasteiger charge is -2.26. The van der Waals surface area contributed by atoms with E-state index in [1.54, 1.807) is 54.5 Å². The molecule has 2 heterocycles. The Bertz CT molecular complexity index is 1110. The molecule has 2 aromatic carbocycles. The van der Waals surface area contributed by atoms with Gasteiger partial charge in [0.1, 0.15) is 17.3 Å². The van der Waals surface area contributed by atoms with Crippen LogP contribution in [0.25, 0.3) is 0 Å². The van der Waals surface area contributed by atoms with Gasteiger partial charge >= 0.3 is 0 Å². The second-order valence-electron chi connectivity index (χ2n) is 7.98. The maximum atomic E-state index is 13.0. The van der Waals surface area contributed by atoms with Crippen molar-refractivity contribution in [2.75, 3.05) is 27.7 Å². The summed E-state index contributed by atoms with van der Waals surface area (Å²) >= 11 is 0. The molecule has 0 spiro atoms. The third-order valence-corrected chi connectivity index (χ3v) is 5.44. The highest BCUT2D eigenvalue weighted by molar-refractivity contribution is 6.11. The Balaban J connectivity index is 0.00000289. The predicted molar refractivity (Wildman–Crippen MR) is 125 cm³/mol. The number of ether oxygens (including phenoxy) is 1. The summed E-state index contributed by atoms with van der Waals surface area (Å²) in [6, 6.07) is 16.0. The van der Waals surface area contributed by atoms with Gasteiger partial charge in [-0.15, -0.1) is 12.4 Å². The third-order valence-electron chi connectivity index (χ3n) is 5.44. The summed E-state index contributed by atoms with van der Waals surface area (Å²) in [7, 11) is 5.54. The van der Waals surface area contributed by atoms with Gasteiger partial charge < -0.3 is 19.0 Å². The number of halogens is 1. The summed E-state index contributed by atoms with van der Waals surface area (Å²) in [6.45, 7) is 1.85. The first-order chi connectivity index (χ1) is 15.0. The Morgan fingerprint density at radius 3 is 2.44 bits per heavy atom. The fraction of sp³-hybridized carbons (Fsp3) is 0.280. The van der Waals surface area contributed by atoms with Crippen molar-refractivity contribution in [2.45, 2.75) is 19.5 Å². The van der Waals surface area contributed by atoms with Crippen LogP contribution in [-0.2, 0) is 19.5 Å². The summed E-state index contributed by atoms with van der Waals surface area (Å²) < 4.78 is 11.3. The summed E-state index contributed by atoms with van der Waals surface area (Å²) in [5, 5.41) is 0. The van der Waals surface area contributed by atoms with Crippen molar-refractivity contribution >= 4 is 24.1 Å².